The van der Waals surface area contributed by atoms with Crippen molar-refractivity contribution in [1.29, 1.82) is 0 Å². The number of amides is 1. The number of hydrogen-bond acceptors (Lipinski definition) is 5. The van der Waals surface area contributed by atoms with E-state index in [9.17, 15) is 4.79 Å². The minimum atomic E-state index is -0.0917. The van der Waals surface area contributed by atoms with Crippen LogP contribution in [0.15, 0.2) is 16.5 Å². The van der Waals surface area contributed by atoms with Crippen molar-refractivity contribution in [2.75, 3.05) is 27.2 Å². The van der Waals surface area contributed by atoms with Gasteiger partial charge in [0.2, 0.25) is 5.76 Å². The molecule has 2 aromatic heterocycles. The van der Waals surface area contributed by atoms with Crippen LogP contribution in [0.4, 0.5) is 0 Å². The van der Waals surface area contributed by atoms with E-state index >= 15 is 0 Å². The first-order valence-corrected chi connectivity index (χ1v) is 8.12. The van der Waals surface area contributed by atoms with Crippen LogP contribution in [0.2, 0.25) is 0 Å². The molecule has 0 atom stereocenters. The second kappa shape index (κ2) is 7.07. The van der Waals surface area contributed by atoms with Crippen LogP contribution in [0.1, 0.15) is 31.9 Å². The highest BCUT2D eigenvalue weighted by Crippen LogP contribution is 2.19. The maximum Gasteiger partial charge on any atom is 0.291 e. The molecule has 1 amide bonds. The number of carbonyl (C=O) groups excluding carboxylic acids is 1. The molecule has 0 bridgehead atoms. The summed E-state index contributed by atoms with van der Waals surface area (Å²) in [5.41, 5.74) is 0.653. The third-order valence-electron chi connectivity index (χ3n) is 3.34. The summed E-state index contributed by atoms with van der Waals surface area (Å²) in [6.07, 6.45) is 0. The van der Waals surface area contributed by atoms with Gasteiger partial charge < -0.3 is 14.2 Å². The topological polar surface area (TPSA) is 49.6 Å². The largest absolute Gasteiger partial charge is 0.436 e. The Hall–Kier alpha value is -1.66. The molecular formula is C16H23N3O2S. The van der Waals surface area contributed by atoms with Gasteiger partial charge in [0.15, 0.2) is 5.89 Å². The van der Waals surface area contributed by atoms with Gasteiger partial charge in [0.05, 0.1) is 12.2 Å². The molecule has 0 unspecified atom stereocenters. The maximum absolute atomic E-state index is 12.8. The maximum atomic E-state index is 12.8. The van der Waals surface area contributed by atoms with E-state index in [1.54, 1.807) is 18.3 Å². The summed E-state index contributed by atoms with van der Waals surface area (Å²) < 4.78 is 5.49. The van der Waals surface area contributed by atoms with Gasteiger partial charge in [0.25, 0.3) is 5.91 Å². The second-order valence-corrected chi connectivity index (χ2v) is 7.06. The second-order valence-electron chi connectivity index (χ2n) is 5.69. The van der Waals surface area contributed by atoms with Crippen LogP contribution in [-0.2, 0) is 6.54 Å². The van der Waals surface area contributed by atoms with Crippen molar-refractivity contribution >= 4 is 17.2 Å². The quantitative estimate of drug-likeness (QED) is 0.821. The van der Waals surface area contributed by atoms with Crippen molar-refractivity contribution in [2.24, 2.45) is 0 Å². The zero-order valence-corrected chi connectivity index (χ0v) is 14.7. The number of nitrogens with zero attached hydrogens (tertiary/aromatic N) is 3. The summed E-state index contributed by atoms with van der Waals surface area (Å²) in [7, 11) is 4.00. The smallest absolute Gasteiger partial charge is 0.291 e. The summed E-state index contributed by atoms with van der Waals surface area (Å²) in [5.74, 6) is 0.788. The number of aryl methyl sites for hydroxylation is 3. The predicted octanol–water partition coefficient (Wildman–Crippen LogP) is 2.87. The molecule has 0 saturated carbocycles. The molecule has 0 aliphatic heterocycles. The summed E-state index contributed by atoms with van der Waals surface area (Å²) in [4.78, 5) is 23.3. The highest BCUT2D eigenvalue weighted by molar-refractivity contribution is 7.11. The minimum Gasteiger partial charge on any atom is -0.436 e. The van der Waals surface area contributed by atoms with Crippen molar-refractivity contribution in [3.63, 3.8) is 0 Å². The lowest BCUT2D eigenvalue weighted by atomic mass is 10.3. The highest BCUT2D eigenvalue weighted by atomic mass is 32.1. The highest BCUT2D eigenvalue weighted by Gasteiger charge is 2.23. The Balaban J connectivity index is 2.19. The molecule has 2 rings (SSSR count). The van der Waals surface area contributed by atoms with E-state index in [1.807, 2.05) is 25.9 Å². The molecule has 2 heterocycles. The van der Waals surface area contributed by atoms with Crippen molar-refractivity contribution in [2.45, 2.75) is 27.3 Å². The first-order chi connectivity index (χ1) is 10.4. The van der Waals surface area contributed by atoms with Crippen LogP contribution in [0.5, 0.6) is 0 Å². The van der Waals surface area contributed by atoms with Gasteiger partial charge in [-0.3, -0.25) is 4.79 Å². The molecule has 0 N–H and O–H groups in total. The van der Waals surface area contributed by atoms with E-state index in [0.717, 1.165) is 6.54 Å². The van der Waals surface area contributed by atoms with Crippen molar-refractivity contribution < 1.29 is 9.21 Å². The summed E-state index contributed by atoms with van der Waals surface area (Å²) in [6, 6.07) is 4.16. The number of oxazole rings is 1. The lowest BCUT2D eigenvalue weighted by Gasteiger charge is -2.23. The average Bonchev–Trinajstić information content (AvgIpc) is 2.99. The van der Waals surface area contributed by atoms with Crippen LogP contribution >= 0.6 is 11.3 Å². The third kappa shape index (κ3) is 4.18. The predicted molar refractivity (Wildman–Crippen MR) is 88.3 cm³/mol. The molecule has 22 heavy (non-hydrogen) atoms. The van der Waals surface area contributed by atoms with Crippen LogP contribution in [0, 0.1) is 20.8 Å². The van der Waals surface area contributed by atoms with Crippen LogP contribution in [-0.4, -0.2) is 47.9 Å². The standard InChI is InChI=1S/C16H23N3O2S/c1-11-6-7-14(22-11)10-19(9-8-18(4)5)16(20)15-12(2)17-13(3)21-15/h6-7H,8-10H2,1-5H3. The number of hydrogen-bond donors (Lipinski definition) is 0. The number of likely N-dealkylation sites (N-methyl/N-ethyl adjacent to an activating group) is 1. The minimum absolute atomic E-state index is 0.0917. The fourth-order valence-corrected chi connectivity index (χ4v) is 3.11. The Morgan fingerprint density at radius 2 is 1.95 bits per heavy atom. The monoisotopic (exact) mass is 321 g/mol. The van der Waals surface area contributed by atoms with Gasteiger partial charge in [-0.1, -0.05) is 0 Å². The lowest BCUT2D eigenvalue weighted by Crippen LogP contribution is -2.36. The summed E-state index contributed by atoms with van der Waals surface area (Å²) in [6.45, 7) is 7.71. The number of carbonyl (C=O) groups is 1. The molecule has 0 saturated heterocycles. The zero-order valence-electron chi connectivity index (χ0n) is 13.8. The lowest BCUT2D eigenvalue weighted by molar-refractivity contribution is 0.0699. The normalized spacial score (nSPS) is 11.2. The zero-order chi connectivity index (χ0) is 16.3. The number of thiophene rings is 1. The molecule has 0 spiro atoms. The van der Waals surface area contributed by atoms with E-state index in [4.69, 9.17) is 4.42 Å². The van der Waals surface area contributed by atoms with Gasteiger partial charge in [-0.05, 0) is 40.1 Å². The number of rotatable bonds is 6. The molecule has 0 aromatic carbocycles. The summed E-state index contributed by atoms with van der Waals surface area (Å²) in [5, 5.41) is 0. The molecule has 0 fully saturated rings. The molecule has 2 aromatic rings. The fourth-order valence-electron chi connectivity index (χ4n) is 2.20. The van der Waals surface area contributed by atoms with Crippen LogP contribution < -0.4 is 0 Å². The molecule has 0 radical (unpaired) electrons. The van der Waals surface area contributed by atoms with Crippen LogP contribution in [0.25, 0.3) is 0 Å². The van der Waals surface area contributed by atoms with Gasteiger partial charge in [-0.25, -0.2) is 4.98 Å². The van der Waals surface area contributed by atoms with Crippen molar-refractivity contribution in [1.82, 2.24) is 14.8 Å². The van der Waals surface area contributed by atoms with E-state index in [0.29, 0.717) is 30.4 Å². The Kier molecular flexibility index (Phi) is 5.37. The first kappa shape index (κ1) is 16.7. The SMILES string of the molecule is Cc1nc(C)c(C(=O)N(CCN(C)C)Cc2ccc(C)s2)o1. The van der Waals surface area contributed by atoms with Crippen molar-refractivity contribution in [3.8, 4) is 0 Å². The molecule has 5 nitrogen and oxygen atoms in total. The van der Waals surface area contributed by atoms with E-state index < -0.39 is 0 Å². The first-order valence-electron chi connectivity index (χ1n) is 7.30. The van der Waals surface area contributed by atoms with E-state index in [-0.39, 0.29) is 5.91 Å². The molecule has 0 aliphatic rings. The Bertz CT molecular complexity index is 646. The van der Waals surface area contributed by atoms with Gasteiger partial charge in [-0.2, -0.15) is 0 Å². The Labute approximate surface area is 135 Å². The Morgan fingerprint density at radius 3 is 2.45 bits per heavy atom. The fraction of sp³-hybridized carbons (Fsp3) is 0.500. The van der Waals surface area contributed by atoms with E-state index in [1.165, 1.54) is 9.75 Å². The molecule has 120 valence electrons. The molecule has 6 heteroatoms. The molecular weight excluding hydrogens is 298 g/mol. The van der Waals surface area contributed by atoms with E-state index in [2.05, 4.69) is 28.9 Å². The van der Waals surface area contributed by atoms with Crippen molar-refractivity contribution in [3.05, 3.63) is 39.2 Å². The molecule has 0 aliphatic carbocycles. The Morgan fingerprint density at radius 1 is 1.23 bits per heavy atom. The number of aromatic nitrogens is 1. The van der Waals surface area contributed by atoms with Gasteiger partial charge in [0.1, 0.15) is 0 Å². The van der Waals surface area contributed by atoms with Gasteiger partial charge in [-0.15, -0.1) is 11.3 Å². The third-order valence-corrected chi connectivity index (χ3v) is 4.33. The summed E-state index contributed by atoms with van der Waals surface area (Å²) >= 11 is 1.72. The van der Waals surface area contributed by atoms with Crippen LogP contribution in [0.3, 0.4) is 0 Å². The van der Waals surface area contributed by atoms with Gasteiger partial charge >= 0.3 is 0 Å². The average molecular weight is 321 g/mol. The van der Waals surface area contributed by atoms with Gasteiger partial charge in [0, 0.05) is 29.8 Å².